The number of carbonyl (C=O) groups is 1. The van der Waals surface area contributed by atoms with Gasteiger partial charge >= 0.3 is 5.97 Å². The molecule has 2 aromatic rings. The second-order valence-corrected chi connectivity index (χ2v) is 5.55. The number of nitrogens with two attached hydrogens (primary N) is 1. The molecule has 0 bridgehead atoms. The first kappa shape index (κ1) is 16.1. The molecular weight excluding hydrogens is 300 g/mol. The molecule has 6 nitrogen and oxygen atoms in total. The highest BCUT2D eigenvalue weighted by atomic mass is 32.2. The van der Waals surface area contributed by atoms with Crippen LogP contribution >= 0.6 is 11.8 Å². The highest BCUT2D eigenvalue weighted by molar-refractivity contribution is 7.99. The van der Waals surface area contributed by atoms with Gasteiger partial charge in [0.25, 0.3) is 0 Å². The molecule has 0 radical (unpaired) electrons. The van der Waals surface area contributed by atoms with E-state index in [4.69, 9.17) is 10.5 Å². The highest BCUT2D eigenvalue weighted by Gasteiger charge is 2.07. The van der Waals surface area contributed by atoms with Crippen molar-refractivity contribution in [1.29, 1.82) is 0 Å². The molecule has 2 rings (SSSR count). The summed E-state index contributed by atoms with van der Waals surface area (Å²) in [5, 5.41) is 3.78. The zero-order valence-electron chi connectivity index (χ0n) is 12.5. The number of esters is 1. The van der Waals surface area contributed by atoms with E-state index in [1.54, 1.807) is 37.3 Å². The number of hydrogen-bond donors (Lipinski definition) is 2. The molecular formula is C15H18N4O2S. The average molecular weight is 318 g/mol. The minimum Gasteiger partial charge on any atom is -0.462 e. The SMILES string of the molecule is CCOC(=O)c1ccc(Nc2cc(N)nc(SCC)n2)cc1. The summed E-state index contributed by atoms with van der Waals surface area (Å²) < 4.78 is 4.95. The van der Waals surface area contributed by atoms with Crippen molar-refractivity contribution in [2.75, 3.05) is 23.4 Å². The van der Waals surface area contributed by atoms with E-state index >= 15 is 0 Å². The summed E-state index contributed by atoms with van der Waals surface area (Å²) in [7, 11) is 0. The maximum absolute atomic E-state index is 11.6. The van der Waals surface area contributed by atoms with Crippen molar-refractivity contribution in [3.63, 3.8) is 0 Å². The Bertz CT molecular complexity index is 646. The molecule has 116 valence electrons. The third-order valence-corrected chi connectivity index (χ3v) is 3.40. The van der Waals surface area contributed by atoms with Crippen LogP contribution < -0.4 is 11.1 Å². The zero-order valence-corrected chi connectivity index (χ0v) is 13.3. The van der Waals surface area contributed by atoms with E-state index in [1.165, 1.54) is 11.8 Å². The average Bonchev–Trinajstić information content (AvgIpc) is 2.48. The lowest BCUT2D eigenvalue weighted by Gasteiger charge is -2.08. The Balaban J connectivity index is 2.12. The van der Waals surface area contributed by atoms with Gasteiger partial charge < -0.3 is 15.8 Å². The van der Waals surface area contributed by atoms with Crippen molar-refractivity contribution in [3.8, 4) is 0 Å². The molecule has 7 heteroatoms. The van der Waals surface area contributed by atoms with Crippen LogP contribution in [-0.2, 0) is 4.74 Å². The van der Waals surface area contributed by atoms with Gasteiger partial charge in [-0.3, -0.25) is 0 Å². The lowest BCUT2D eigenvalue weighted by Crippen LogP contribution is -2.04. The fourth-order valence-corrected chi connectivity index (χ4v) is 2.34. The number of nitrogens with one attached hydrogen (secondary N) is 1. The van der Waals surface area contributed by atoms with Crippen molar-refractivity contribution in [3.05, 3.63) is 35.9 Å². The van der Waals surface area contributed by atoms with E-state index in [0.717, 1.165) is 11.4 Å². The number of carbonyl (C=O) groups excluding carboxylic acids is 1. The molecule has 3 N–H and O–H groups in total. The molecule has 0 saturated heterocycles. The van der Waals surface area contributed by atoms with Crippen molar-refractivity contribution < 1.29 is 9.53 Å². The Morgan fingerprint density at radius 2 is 2.00 bits per heavy atom. The number of nitrogen functional groups attached to an aromatic ring is 1. The first-order chi connectivity index (χ1) is 10.6. The first-order valence-electron chi connectivity index (χ1n) is 6.94. The summed E-state index contributed by atoms with van der Waals surface area (Å²) in [5.74, 6) is 1.57. The molecule has 0 aliphatic rings. The zero-order chi connectivity index (χ0) is 15.9. The number of thioether (sulfide) groups is 1. The molecule has 22 heavy (non-hydrogen) atoms. The number of anilines is 3. The summed E-state index contributed by atoms with van der Waals surface area (Å²) in [6.07, 6.45) is 0. The third kappa shape index (κ3) is 4.36. The normalized spacial score (nSPS) is 10.3. The fourth-order valence-electron chi connectivity index (χ4n) is 1.75. The summed E-state index contributed by atoms with van der Waals surface area (Å²) in [6, 6.07) is 8.65. The van der Waals surface area contributed by atoms with Crippen molar-refractivity contribution in [2.24, 2.45) is 0 Å². The van der Waals surface area contributed by atoms with Crippen LogP contribution in [0.25, 0.3) is 0 Å². The molecule has 0 spiro atoms. The minimum atomic E-state index is -0.332. The summed E-state index contributed by atoms with van der Waals surface area (Å²) >= 11 is 1.52. The van der Waals surface area contributed by atoms with Crippen LogP contribution in [0, 0.1) is 0 Å². The monoisotopic (exact) mass is 318 g/mol. The molecule has 1 heterocycles. The van der Waals surface area contributed by atoms with E-state index in [1.807, 2.05) is 6.92 Å². The lowest BCUT2D eigenvalue weighted by atomic mass is 10.2. The first-order valence-corrected chi connectivity index (χ1v) is 7.92. The van der Waals surface area contributed by atoms with E-state index < -0.39 is 0 Å². The maximum Gasteiger partial charge on any atom is 0.338 e. The van der Waals surface area contributed by atoms with Gasteiger partial charge in [-0.25, -0.2) is 14.8 Å². The van der Waals surface area contributed by atoms with Crippen LogP contribution in [0.15, 0.2) is 35.5 Å². The molecule has 1 aromatic carbocycles. The molecule has 0 atom stereocenters. The van der Waals surface area contributed by atoms with Crippen LogP contribution in [0.3, 0.4) is 0 Å². The van der Waals surface area contributed by atoms with Gasteiger partial charge in [0.15, 0.2) is 5.16 Å². The molecule has 0 saturated carbocycles. The Kier molecular flexibility index (Phi) is 5.60. The number of benzene rings is 1. The van der Waals surface area contributed by atoms with Gasteiger partial charge in [0, 0.05) is 11.8 Å². The van der Waals surface area contributed by atoms with Gasteiger partial charge in [-0.2, -0.15) is 0 Å². The van der Waals surface area contributed by atoms with E-state index in [2.05, 4.69) is 15.3 Å². The number of hydrogen-bond acceptors (Lipinski definition) is 7. The van der Waals surface area contributed by atoms with Gasteiger partial charge in [-0.15, -0.1) is 0 Å². The standard InChI is InChI=1S/C15H18N4O2S/c1-3-21-14(20)10-5-7-11(8-6-10)17-13-9-12(16)18-15(19-13)22-4-2/h5-9H,3-4H2,1-2H3,(H3,16,17,18,19). The Morgan fingerprint density at radius 1 is 1.27 bits per heavy atom. The molecule has 0 aliphatic carbocycles. The summed E-state index contributed by atoms with van der Waals surface area (Å²) in [5.41, 5.74) is 7.09. The van der Waals surface area contributed by atoms with E-state index in [9.17, 15) is 4.79 Å². The van der Waals surface area contributed by atoms with Crippen LogP contribution in [0.2, 0.25) is 0 Å². The molecule has 1 aromatic heterocycles. The molecule has 0 unspecified atom stereocenters. The van der Waals surface area contributed by atoms with Gasteiger partial charge in [0.2, 0.25) is 0 Å². The summed E-state index contributed by atoms with van der Waals surface area (Å²) in [4.78, 5) is 20.1. The second-order valence-electron chi connectivity index (χ2n) is 4.32. The van der Waals surface area contributed by atoms with Gasteiger partial charge in [0.05, 0.1) is 12.2 Å². The van der Waals surface area contributed by atoms with Gasteiger partial charge in [-0.05, 0) is 36.9 Å². The van der Waals surface area contributed by atoms with Crippen LogP contribution in [-0.4, -0.2) is 28.3 Å². The minimum absolute atomic E-state index is 0.332. The third-order valence-electron chi connectivity index (χ3n) is 2.67. The van der Waals surface area contributed by atoms with Gasteiger partial charge in [-0.1, -0.05) is 18.7 Å². The van der Waals surface area contributed by atoms with E-state index in [0.29, 0.717) is 29.0 Å². The largest absolute Gasteiger partial charge is 0.462 e. The second kappa shape index (κ2) is 7.65. The van der Waals surface area contributed by atoms with E-state index in [-0.39, 0.29) is 5.97 Å². The van der Waals surface area contributed by atoms with Crippen molar-refractivity contribution in [1.82, 2.24) is 9.97 Å². The topological polar surface area (TPSA) is 90.1 Å². The van der Waals surface area contributed by atoms with Crippen LogP contribution in [0.5, 0.6) is 0 Å². The summed E-state index contributed by atoms with van der Waals surface area (Å²) in [6.45, 7) is 4.16. The predicted molar refractivity (Wildman–Crippen MR) is 88.5 cm³/mol. The van der Waals surface area contributed by atoms with Crippen molar-refractivity contribution >= 4 is 35.1 Å². The fraction of sp³-hybridized carbons (Fsp3) is 0.267. The smallest absolute Gasteiger partial charge is 0.338 e. The predicted octanol–water partition coefficient (Wildman–Crippen LogP) is 3.09. The Labute approximate surface area is 133 Å². The number of rotatable bonds is 6. The quantitative estimate of drug-likeness (QED) is 0.480. The Hall–Kier alpha value is -2.28. The maximum atomic E-state index is 11.6. The Morgan fingerprint density at radius 3 is 2.64 bits per heavy atom. The molecule has 0 aliphatic heterocycles. The number of aromatic nitrogens is 2. The number of ether oxygens (including phenoxy) is 1. The molecule has 0 fully saturated rings. The highest BCUT2D eigenvalue weighted by Crippen LogP contribution is 2.21. The number of nitrogens with zero attached hydrogens (tertiary/aromatic N) is 2. The molecule has 0 amide bonds. The van der Waals surface area contributed by atoms with Crippen LogP contribution in [0.1, 0.15) is 24.2 Å². The lowest BCUT2D eigenvalue weighted by molar-refractivity contribution is 0.0526. The van der Waals surface area contributed by atoms with Crippen LogP contribution in [0.4, 0.5) is 17.3 Å². The van der Waals surface area contributed by atoms with Crippen molar-refractivity contribution in [2.45, 2.75) is 19.0 Å². The van der Waals surface area contributed by atoms with Gasteiger partial charge in [0.1, 0.15) is 11.6 Å².